The predicted molar refractivity (Wildman–Crippen MR) is 99.7 cm³/mol. The number of hydrogen-bond donors (Lipinski definition) is 1. The largest absolute Gasteiger partial charge is 0.497 e. The Labute approximate surface area is 149 Å². The quantitative estimate of drug-likeness (QED) is 0.779. The Bertz CT molecular complexity index is 640. The molecule has 2 aromatic rings. The van der Waals surface area contributed by atoms with Gasteiger partial charge in [0.05, 0.1) is 13.7 Å². The molecule has 0 saturated carbocycles. The van der Waals surface area contributed by atoms with E-state index in [9.17, 15) is 0 Å². The van der Waals surface area contributed by atoms with Crippen molar-refractivity contribution >= 4 is 11.6 Å². The van der Waals surface area contributed by atoms with Crippen molar-refractivity contribution in [1.29, 1.82) is 0 Å². The van der Waals surface area contributed by atoms with Crippen molar-refractivity contribution in [2.75, 3.05) is 43.6 Å². The molecule has 0 unspecified atom stereocenters. The smallest absolute Gasteiger partial charge is 0.134 e. The van der Waals surface area contributed by atoms with E-state index in [0.717, 1.165) is 36.2 Å². The van der Waals surface area contributed by atoms with E-state index in [1.165, 1.54) is 25.7 Å². The monoisotopic (exact) mass is 342 g/mol. The zero-order chi connectivity index (χ0) is 17.3. The topological polar surface area (TPSA) is 59.5 Å². The van der Waals surface area contributed by atoms with Gasteiger partial charge in [0.1, 0.15) is 36.1 Å². The molecule has 1 saturated heterocycles. The zero-order valence-electron chi connectivity index (χ0n) is 14.8. The fraction of sp³-hybridized carbons (Fsp3) is 0.474. The van der Waals surface area contributed by atoms with Crippen LogP contribution in [0.25, 0.3) is 0 Å². The highest BCUT2D eigenvalue weighted by Gasteiger charge is 2.11. The second-order valence-corrected chi connectivity index (χ2v) is 6.11. The first-order valence-corrected chi connectivity index (χ1v) is 8.93. The van der Waals surface area contributed by atoms with Gasteiger partial charge in [0.15, 0.2) is 0 Å². The minimum absolute atomic E-state index is 0.565. The third-order valence-corrected chi connectivity index (χ3v) is 4.32. The highest BCUT2D eigenvalue weighted by atomic mass is 16.5. The van der Waals surface area contributed by atoms with Crippen molar-refractivity contribution in [2.24, 2.45) is 0 Å². The zero-order valence-corrected chi connectivity index (χ0v) is 14.8. The van der Waals surface area contributed by atoms with E-state index in [1.54, 1.807) is 13.4 Å². The molecule has 1 fully saturated rings. The summed E-state index contributed by atoms with van der Waals surface area (Å²) in [6, 6.07) is 9.61. The number of methoxy groups -OCH3 is 1. The first kappa shape index (κ1) is 17.3. The normalized spacial score (nSPS) is 14.7. The summed E-state index contributed by atoms with van der Waals surface area (Å²) >= 11 is 0. The van der Waals surface area contributed by atoms with Crippen LogP contribution >= 0.6 is 0 Å². The molecule has 6 heteroatoms. The standard InChI is InChI=1S/C19H26N4O2/c1-24-16-6-8-17(9-7-16)25-13-10-20-18-14-19(22-15-21-18)23-11-4-2-3-5-12-23/h6-9,14-15H,2-5,10-13H2,1H3,(H,20,21,22). The van der Waals surface area contributed by atoms with Crippen LogP contribution in [0.4, 0.5) is 11.6 Å². The Morgan fingerprint density at radius 2 is 1.72 bits per heavy atom. The maximum atomic E-state index is 5.72. The molecule has 1 aliphatic heterocycles. The number of benzene rings is 1. The Morgan fingerprint density at radius 1 is 1.00 bits per heavy atom. The third kappa shape index (κ3) is 5.24. The summed E-state index contributed by atoms with van der Waals surface area (Å²) in [5, 5.41) is 3.31. The lowest BCUT2D eigenvalue weighted by molar-refractivity contribution is 0.331. The third-order valence-electron chi connectivity index (χ3n) is 4.32. The summed E-state index contributed by atoms with van der Waals surface area (Å²) in [6.07, 6.45) is 6.74. The second-order valence-electron chi connectivity index (χ2n) is 6.11. The van der Waals surface area contributed by atoms with Gasteiger partial charge in [-0.2, -0.15) is 0 Å². The lowest BCUT2D eigenvalue weighted by atomic mass is 10.2. The Hall–Kier alpha value is -2.50. The van der Waals surface area contributed by atoms with Crippen molar-refractivity contribution in [3.8, 4) is 11.5 Å². The molecular weight excluding hydrogens is 316 g/mol. The van der Waals surface area contributed by atoms with Crippen molar-refractivity contribution in [1.82, 2.24) is 9.97 Å². The first-order valence-electron chi connectivity index (χ1n) is 8.93. The minimum Gasteiger partial charge on any atom is -0.497 e. The SMILES string of the molecule is COc1ccc(OCCNc2cc(N3CCCCCC3)ncn2)cc1. The molecule has 2 heterocycles. The average Bonchev–Trinajstić information content (AvgIpc) is 2.95. The van der Waals surface area contributed by atoms with Gasteiger partial charge in [-0.25, -0.2) is 9.97 Å². The van der Waals surface area contributed by atoms with E-state index in [4.69, 9.17) is 9.47 Å². The Morgan fingerprint density at radius 3 is 2.44 bits per heavy atom. The van der Waals surface area contributed by atoms with E-state index in [-0.39, 0.29) is 0 Å². The molecule has 0 amide bonds. The number of hydrogen-bond acceptors (Lipinski definition) is 6. The fourth-order valence-electron chi connectivity index (χ4n) is 2.94. The molecule has 0 aliphatic carbocycles. The Balaban J connectivity index is 1.47. The Kier molecular flexibility index (Phi) is 6.31. The molecule has 1 N–H and O–H groups in total. The number of nitrogens with zero attached hydrogens (tertiary/aromatic N) is 3. The highest BCUT2D eigenvalue weighted by molar-refractivity contribution is 5.48. The minimum atomic E-state index is 0.565. The second kappa shape index (κ2) is 9.11. The molecule has 3 rings (SSSR count). The van der Waals surface area contributed by atoms with Gasteiger partial charge in [-0.3, -0.25) is 0 Å². The van der Waals surface area contributed by atoms with Crippen molar-refractivity contribution in [3.63, 3.8) is 0 Å². The summed E-state index contributed by atoms with van der Waals surface area (Å²) in [5.41, 5.74) is 0. The maximum absolute atomic E-state index is 5.72. The van der Waals surface area contributed by atoms with Gasteiger partial charge in [0, 0.05) is 19.2 Å². The van der Waals surface area contributed by atoms with Crippen LogP contribution in [0.3, 0.4) is 0 Å². The van der Waals surface area contributed by atoms with Crippen LogP contribution in [0.1, 0.15) is 25.7 Å². The molecular formula is C19H26N4O2. The number of nitrogens with one attached hydrogen (secondary N) is 1. The van der Waals surface area contributed by atoms with Gasteiger partial charge in [-0.05, 0) is 37.1 Å². The number of aromatic nitrogens is 2. The lowest BCUT2D eigenvalue weighted by Gasteiger charge is -2.21. The van der Waals surface area contributed by atoms with Gasteiger partial charge in [0.25, 0.3) is 0 Å². The van der Waals surface area contributed by atoms with E-state index < -0.39 is 0 Å². The van der Waals surface area contributed by atoms with Gasteiger partial charge < -0.3 is 19.7 Å². The van der Waals surface area contributed by atoms with Crippen molar-refractivity contribution < 1.29 is 9.47 Å². The molecule has 0 spiro atoms. The van der Waals surface area contributed by atoms with Crippen LogP contribution < -0.4 is 19.7 Å². The molecule has 0 radical (unpaired) electrons. The summed E-state index contributed by atoms with van der Waals surface area (Å²) in [5.74, 6) is 3.51. The first-order chi connectivity index (χ1) is 12.3. The van der Waals surface area contributed by atoms with Gasteiger partial charge in [-0.15, -0.1) is 0 Å². The molecule has 134 valence electrons. The predicted octanol–water partition coefficient (Wildman–Crippen LogP) is 3.36. The van der Waals surface area contributed by atoms with Gasteiger partial charge >= 0.3 is 0 Å². The molecule has 0 bridgehead atoms. The number of rotatable bonds is 7. The lowest BCUT2D eigenvalue weighted by Crippen LogP contribution is -2.25. The van der Waals surface area contributed by atoms with Gasteiger partial charge in [0.2, 0.25) is 0 Å². The van der Waals surface area contributed by atoms with E-state index in [0.29, 0.717) is 13.2 Å². The molecule has 1 aromatic carbocycles. The highest BCUT2D eigenvalue weighted by Crippen LogP contribution is 2.19. The molecule has 1 aromatic heterocycles. The van der Waals surface area contributed by atoms with Crippen LogP contribution in [-0.4, -0.2) is 43.3 Å². The summed E-state index contributed by atoms with van der Waals surface area (Å²) in [4.78, 5) is 11.1. The van der Waals surface area contributed by atoms with Crippen LogP contribution in [0.15, 0.2) is 36.7 Å². The fourth-order valence-corrected chi connectivity index (χ4v) is 2.94. The van der Waals surface area contributed by atoms with Crippen molar-refractivity contribution in [2.45, 2.75) is 25.7 Å². The maximum Gasteiger partial charge on any atom is 0.134 e. The van der Waals surface area contributed by atoms with Crippen molar-refractivity contribution in [3.05, 3.63) is 36.7 Å². The molecule has 25 heavy (non-hydrogen) atoms. The van der Waals surface area contributed by atoms with Gasteiger partial charge in [-0.1, -0.05) is 12.8 Å². The molecule has 0 atom stereocenters. The number of anilines is 2. The number of ether oxygens (including phenoxy) is 2. The van der Waals surface area contributed by atoms with Crippen LogP contribution in [0.5, 0.6) is 11.5 Å². The van der Waals surface area contributed by atoms with Crippen LogP contribution in [0.2, 0.25) is 0 Å². The average molecular weight is 342 g/mol. The summed E-state index contributed by atoms with van der Waals surface area (Å²) in [7, 11) is 1.65. The van der Waals surface area contributed by atoms with E-state index in [1.807, 2.05) is 30.3 Å². The van der Waals surface area contributed by atoms with Crippen LogP contribution in [0, 0.1) is 0 Å². The molecule has 1 aliphatic rings. The van der Waals surface area contributed by atoms with E-state index >= 15 is 0 Å². The van der Waals surface area contributed by atoms with Crippen LogP contribution in [-0.2, 0) is 0 Å². The summed E-state index contributed by atoms with van der Waals surface area (Å²) < 4.78 is 10.9. The molecule has 6 nitrogen and oxygen atoms in total. The summed E-state index contributed by atoms with van der Waals surface area (Å²) in [6.45, 7) is 3.41. The van der Waals surface area contributed by atoms with E-state index in [2.05, 4.69) is 20.2 Å².